The van der Waals surface area contributed by atoms with Gasteiger partial charge in [-0.05, 0) is 0 Å². The highest BCUT2D eigenvalue weighted by Crippen LogP contribution is 2.19. The molecular formula is C5H9ClO6. The number of alkyl halides is 1. The van der Waals surface area contributed by atoms with Crippen LogP contribution >= 0.6 is 11.6 Å². The maximum Gasteiger partial charge on any atom is 0.354 e. The van der Waals surface area contributed by atoms with Crippen molar-refractivity contribution in [2.45, 2.75) is 17.3 Å². The monoisotopic (exact) mass is 200 g/mol. The zero-order valence-corrected chi connectivity index (χ0v) is 6.64. The summed E-state index contributed by atoms with van der Waals surface area (Å²) in [5.74, 6) is -1.90. The predicted molar refractivity (Wildman–Crippen MR) is 37.5 cm³/mol. The van der Waals surface area contributed by atoms with Crippen molar-refractivity contribution in [3.05, 3.63) is 0 Å². The van der Waals surface area contributed by atoms with E-state index in [1.807, 2.05) is 0 Å². The fourth-order valence-corrected chi connectivity index (χ4v) is 0.627. The fraction of sp³-hybridized carbons (Fsp3) is 0.800. The van der Waals surface area contributed by atoms with Crippen LogP contribution in [-0.4, -0.2) is 55.4 Å². The molecule has 0 fully saturated rings. The minimum absolute atomic E-state index is 0.899. The largest absolute Gasteiger partial charge is 0.478 e. The average molecular weight is 201 g/mol. The van der Waals surface area contributed by atoms with Gasteiger partial charge >= 0.3 is 5.97 Å². The van der Waals surface area contributed by atoms with Crippen LogP contribution in [-0.2, 0) is 4.79 Å². The van der Waals surface area contributed by atoms with E-state index < -0.39 is 29.8 Å². The molecule has 12 heavy (non-hydrogen) atoms. The van der Waals surface area contributed by atoms with Crippen LogP contribution in [0.2, 0.25) is 0 Å². The lowest BCUT2D eigenvalue weighted by molar-refractivity contribution is -0.166. The maximum absolute atomic E-state index is 10.1. The molecule has 0 saturated carbocycles. The molecule has 0 spiro atoms. The van der Waals surface area contributed by atoms with Gasteiger partial charge in [-0.15, -0.1) is 0 Å². The summed E-state index contributed by atoms with van der Waals surface area (Å²) in [5.41, 5.74) is 0. The fourth-order valence-electron chi connectivity index (χ4n) is 0.481. The lowest BCUT2D eigenvalue weighted by Crippen LogP contribution is -2.51. The normalized spacial score (nSPS) is 21.1. The first-order valence-corrected chi connectivity index (χ1v) is 3.33. The van der Waals surface area contributed by atoms with Crippen molar-refractivity contribution < 1.29 is 30.3 Å². The molecule has 7 heteroatoms. The topological polar surface area (TPSA) is 118 Å². The summed E-state index contributed by atoms with van der Waals surface area (Å²) in [5, 5.41) is 39.9. The van der Waals surface area contributed by atoms with Crippen molar-refractivity contribution >= 4 is 17.6 Å². The Hall–Kier alpha value is -0.400. The first kappa shape index (κ1) is 11.6. The number of aliphatic hydroxyl groups is 4. The third-order valence-electron chi connectivity index (χ3n) is 1.24. The molecule has 72 valence electrons. The second kappa shape index (κ2) is 4.01. The summed E-state index contributed by atoms with van der Waals surface area (Å²) in [6.07, 6.45) is -3.95. The van der Waals surface area contributed by atoms with Gasteiger partial charge in [-0.25, -0.2) is 4.79 Å². The van der Waals surface area contributed by atoms with E-state index >= 15 is 0 Å². The van der Waals surface area contributed by atoms with Gasteiger partial charge in [0.05, 0.1) is 6.61 Å². The van der Waals surface area contributed by atoms with Crippen LogP contribution in [0.3, 0.4) is 0 Å². The molecule has 0 saturated heterocycles. The molecular weight excluding hydrogens is 192 g/mol. The number of carbonyl (C=O) groups is 1. The Morgan fingerprint density at radius 1 is 1.50 bits per heavy atom. The van der Waals surface area contributed by atoms with Crippen molar-refractivity contribution in [2.75, 3.05) is 6.61 Å². The number of halogens is 1. The quantitative estimate of drug-likeness (QED) is 0.326. The molecule has 0 radical (unpaired) electrons. The lowest BCUT2D eigenvalue weighted by atomic mass is 10.1. The van der Waals surface area contributed by atoms with Gasteiger partial charge in [0, 0.05) is 0 Å². The van der Waals surface area contributed by atoms with Gasteiger partial charge in [0.25, 0.3) is 5.06 Å². The van der Waals surface area contributed by atoms with Crippen LogP contribution in [0, 0.1) is 0 Å². The molecule has 5 N–H and O–H groups in total. The van der Waals surface area contributed by atoms with Crippen LogP contribution in [0.5, 0.6) is 0 Å². The third-order valence-corrected chi connectivity index (χ3v) is 1.63. The molecule has 0 heterocycles. The van der Waals surface area contributed by atoms with E-state index in [2.05, 4.69) is 0 Å². The Morgan fingerprint density at radius 2 is 1.92 bits per heavy atom. The van der Waals surface area contributed by atoms with E-state index in [1.165, 1.54) is 0 Å². The maximum atomic E-state index is 10.1. The Morgan fingerprint density at radius 3 is 2.17 bits per heavy atom. The minimum Gasteiger partial charge on any atom is -0.478 e. The molecule has 0 aromatic heterocycles. The molecule has 0 aliphatic carbocycles. The standard InChI is InChI=1S/C5H9ClO6/c6-5(12,4(10)11)3(9)2(8)1-7/h2-3,7-9,12H,1H2,(H,10,11)/t2-,3-,5-/m1/s1. The van der Waals surface area contributed by atoms with Crippen molar-refractivity contribution in [1.82, 2.24) is 0 Å². The van der Waals surface area contributed by atoms with Crippen LogP contribution in [0.1, 0.15) is 0 Å². The zero-order chi connectivity index (χ0) is 9.94. The molecule has 0 unspecified atom stereocenters. The molecule has 0 rings (SSSR count). The Labute approximate surface area is 72.6 Å². The molecule has 0 aromatic carbocycles. The Balaban J connectivity index is 4.44. The van der Waals surface area contributed by atoms with E-state index in [9.17, 15) is 4.79 Å². The summed E-state index contributed by atoms with van der Waals surface area (Å²) in [6, 6.07) is 0. The number of rotatable bonds is 4. The van der Waals surface area contributed by atoms with Gasteiger partial charge in [0.2, 0.25) is 0 Å². The zero-order valence-electron chi connectivity index (χ0n) is 5.88. The molecule has 0 bridgehead atoms. The van der Waals surface area contributed by atoms with Gasteiger partial charge in [-0.1, -0.05) is 11.6 Å². The Bertz CT molecular complexity index is 169. The van der Waals surface area contributed by atoms with Crippen molar-refractivity contribution in [1.29, 1.82) is 0 Å². The van der Waals surface area contributed by atoms with Crippen molar-refractivity contribution in [2.24, 2.45) is 0 Å². The van der Waals surface area contributed by atoms with Crippen LogP contribution in [0.4, 0.5) is 0 Å². The Kier molecular flexibility index (Phi) is 3.88. The lowest BCUT2D eigenvalue weighted by Gasteiger charge is -2.24. The number of carboxylic acid groups (broad SMARTS) is 1. The summed E-state index contributed by atoms with van der Waals surface area (Å²) in [6.45, 7) is -0.899. The minimum atomic E-state index is -2.98. The third kappa shape index (κ3) is 2.29. The molecule has 0 aliphatic heterocycles. The summed E-state index contributed by atoms with van der Waals surface area (Å²) in [7, 11) is 0. The van der Waals surface area contributed by atoms with Crippen molar-refractivity contribution in [3.63, 3.8) is 0 Å². The molecule has 0 amide bonds. The average Bonchev–Trinajstić information content (AvgIpc) is 2.01. The first-order chi connectivity index (χ1) is 5.34. The van der Waals surface area contributed by atoms with E-state index in [1.54, 1.807) is 0 Å². The van der Waals surface area contributed by atoms with Gasteiger partial charge in [0.15, 0.2) is 0 Å². The van der Waals surface area contributed by atoms with E-state index in [0.717, 1.165) is 0 Å². The summed E-state index contributed by atoms with van der Waals surface area (Å²) in [4.78, 5) is 10.1. The molecule has 6 nitrogen and oxygen atoms in total. The second-order valence-corrected chi connectivity index (χ2v) is 2.75. The van der Waals surface area contributed by atoms with Gasteiger partial charge < -0.3 is 25.5 Å². The van der Waals surface area contributed by atoms with Crippen molar-refractivity contribution in [3.8, 4) is 0 Å². The highest BCUT2D eigenvalue weighted by molar-refractivity contribution is 6.32. The number of aliphatic carboxylic acids is 1. The van der Waals surface area contributed by atoms with E-state index in [4.69, 9.17) is 37.1 Å². The predicted octanol–water partition coefficient (Wildman–Crippen LogP) is -2.29. The van der Waals surface area contributed by atoms with Crippen LogP contribution < -0.4 is 0 Å². The van der Waals surface area contributed by atoms with Gasteiger partial charge in [-0.3, -0.25) is 0 Å². The van der Waals surface area contributed by atoms with Gasteiger partial charge in [-0.2, -0.15) is 0 Å². The van der Waals surface area contributed by atoms with Crippen LogP contribution in [0.25, 0.3) is 0 Å². The number of carboxylic acids is 1. The van der Waals surface area contributed by atoms with E-state index in [0.29, 0.717) is 0 Å². The first-order valence-electron chi connectivity index (χ1n) is 2.95. The highest BCUT2D eigenvalue weighted by Gasteiger charge is 2.45. The number of aliphatic hydroxyl groups excluding tert-OH is 3. The number of hydrogen-bond acceptors (Lipinski definition) is 5. The summed E-state index contributed by atoms with van der Waals surface area (Å²) >= 11 is 4.93. The second-order valence-electron chi connectivity index (χ2n) is 2.17. The molecule has 0 aromatic rings. The number of hydrogen-bond donors (Lipinski definition) is 5. The van der Waals surface area contributed by atoms with Gasteiger partial charge in [0.1, 0.15) is 12.2 Å². The summed E-state index contributed by atoms with van der Waals surface area (Å²) < 4.78 is 0. The highest BCUT2D eigenvalue weighted by atomic mass is 35.5. The smallest absolute Gasteiger partial charge is 0.354 e. The SMILES string of the molecule is O=C(O)[C@@](O)(Cl)[C@H](O)[C@H](O)CO. The van der Waals surface area contributed by atoms with Crippen LogP contribution in [0.15, 0.2) is 0 Å². The molecule has 0 aliphatic rings. The van der Waals surface area contributed by atoms with E-state index in [-0.39, 0.29) is 0 Å². The molecule has 3 atom stereocenters.